The van der Waals surface area contributed by atoms with Crippen LogP contribution >= 0.6 is 0 Å². The highest BCUT2D eigenvalue weighted by atomic mass is 16.2. The summed E-state index contributed by atoms with van der Waals surface area (Å²) in [6.45, 7) is 7.33. The molecule has 0 bridgehead atoms. The average Bonchev–Trinajstić information content (AvgIpc) is 3.15. The number of aryl methyl sites for hydroxylation is 2. The lowest BCUT2D eigenvalue weighted by molar-refractivity contribution is -0.131. The standard InChI is InChI=1S/C29H39N3O/c33-29(32-22-26-11-6-7-12-27(26)23-32)13-5-2-8-16-30-17-19-31(20-18-30)28-15-14-24-9-3-1-4-10-25(24)21-28/h6-7,11-12,14-15,21H,1-5,8-10,13,16-20,22-23H2. The molecule has 0 spiro atoms. The van der Waals surface area contributed by atoms with Gasteiger partial charge < -0.3 is 9.80 Å². The number of hydrogen-bond donors (Lipinski definition) is 0. The van der Waals surface area contributed by atoms with Gasteiger partial charge >= 0.3 is 0 Å². The van der Waals surface area contributed by atoms with Crippen molar-refractivity contribution in [2.24, 2.45) is 0 Å². The maximum Gasteiger partial charge on any atom is 0.223 e. The van der Waals surface area contributed by atoms with Gasteiger partial charge in [0.25, 0.3) is 0 Å². The van der Waals surface area contributed by atoms with Gasteiger partial charge in [0.05, 0.1) is 0 Å². The molecule has 0 aromatic heterocycles. The van der Waals surface area contributed by atoms with Crippen LogP contribution in [0.2, 0.25) is 0 Å². The Morgan fingerprint density at radius 2 is 1.45 bits per heavy atom. The highest BCUT2D eigenvalue weighted by Gasteiger charge is 2.22. The molecular formula is C29H39N3O. The van der Waals surface area contributed by atoms with Crippen LogP contribution in [0.3, 0.4) is 0 Å². The molecule has 3 aliphatic rings. The predicted octanol–water partition coefficient (Wildman–Crippen LogP) is 5.18. The first-order valence-corrected chi connectivity index (χ1v) is 13.2. The van der Waals surface area contributed by atoms with Gasteiger partial charge in [-0.2, -0.15) is 0 Å². The molecule has 4 nitrogen and oxygen atoms in total. The minimum Gasteiger partial charge on any atom is -0.369 e. The Kier molecular flexibility index (Phi) is 7.30. The van der Waals surface area contributed by atoms with E-state index >= 15 is 0 Å². The van der Waals surface area contributed by atoms with E-state index in [9.17, 15) is 4.79 Å². The Hall–Kier alpha value is -2.33. The van der Waals surface area contributed by atoms with E-state index in [0.717, 1.165) is 52.1 Å². The molecule has 0 atom stereocenters. The zero-order chi connectivity index (χ0) is 22.5. The lowest BCUT2D eigenvalue weighted by atomic mass is 10.0. The predicted molar refractivity (Wildman–Crippen MR) is 136 cm³/mol. The second-order valence-electron chi connectivity index (χ2n) is 10.2. The van der Waals surface area contributed by atoms with Crippen LogP contribution in [-0.4, -0.2) is 48.4 Å². The van der Waals surface area contributed by atoms with Crippen molar-refractivity contribution in [3.05, 3.63) is 64.7 Å². The molecule has 2 aromatic rings. The van der Waals surface area contributed by atoms with Gasteiger partial charge in [-0.05, 0) is 79.5 Å². The molecule has 2 aromatic carbocycles. The summed E-state index contributed by atoms with van der Waals surface area (Å²) in [6, 6.07) is 15.7. The minimum atomic E-state index is 0.320. The molecular weight excluding hydrogens is 406 g/mol. The number of anilines is 1. The average molecular weight is 446 g/mol. The normalized spacial score (nSPS) is 18.7. The molecule has 33 heavy (non-hydrogen) atoms. The topological polar surface area (TPSA) is 26.8 Å². The third-order valence-electron chi connectivity index (χ3n) is 7.88. The molecule has 1 aliphatic carbocycles. The number of piperazine rings is 1. The largest absolute Gasteiger partial charge is 0.369 e. The fourth-order valence-electron chi connectivity index (χ4n) is 5.78. The summed E-state index contributed by atoms with van der Waals surface area (Å²) in [4.78, 5) is 19.8. The van der Waals surface area contributed by atoms with E-state index in [1.807, 2.05) is 4.90 Å². The summed E-state index contributed by atoms with van der Waals surface area (Å²) in [5.41, 5.74) is 7.24. The van der Waals surface area contributed by atoms with Crippen molar-refractivity contribution in [1.82, 2.24) is 9.80 Å². The molecule has 0 unspecified atom stereocenters. The Labute approximate surface area is 199 Å². The van der Waals surface area contributed by atoms with Crippen LogP contribution in [0.5, 0.6) is 0 Å². The molecule has 1 amide bonds. The third kappa shape index (κ3) is 5.60. The van der Waals surface area contributed by atoms with E-state index in [1.54, 1.807) is 11.1 Å². The van der Waals surface area contributed by atoms with Crippen molar-refractivity contribution in [1.29, 1.82) is 0 Å². The number of benzene rings is 2. The molecule has 0 radical (unpaired) electrons. The maximum absolute atomic E-state index is 12.6. The number of fused-ring (bicyclic) bond motifs is 2. The van der Waals surface area contributed by atoms with Gasteiger partial charge in [0, 0.05) is 51.4 Å². The molecule has 2 heterocycles. The van der Waals surface area contributed by atoms with E-state index in [1.165, 1.54) is 61.9 Å². The van der Waals surface area contributed by atoms with Crippen LogP contribution in [0.1, 0.15) is 67.2 Å². The lowest BCUT2D eigenvalue weighted by Crippen LogP contribution is -2.46. The van der Waals surface area contributed by atoms with Gasteiger partial charge in [0.1, 0.15) is 0 Å². The zero-order valence-electron chi connectivity index (χ0n) is 20.1. The van der Waals surface area contributed by atoms with E-state index < -0.39 is 0 Å². The van der Waals surface area contributed by atoms with Crippen molar-refractivity contribution in [3.63, 3.8) is 0 Å². The van der Waals surface area contributed by atoms with Crippen LogP contribution in [0.25, 0.3) is 0 Å². The molecule has 2 aliphatic heterocycles. The number of rotatable bonds is 7. The van der Waals surface area contributed by atoms with Gasteiger partial charge in [-0.15, -0.1) is 0 Å². The van der Waals surface area contributed by atoms with Crippen LogP contribution < -0.4 is 4.90 Å². The zero-order valence-corrected chi connectivity index (χ0v) is 20.1. The minimum absolute atomic E-state index is 0.320. The Morgan fingerprint density at radius 1 is 0.727 bits per heavy atom. The molecule has 4 heteroatoms. The number of carbonyl (C=O) groups excluding carboxylic acids is 1. The summed E-state index contributed by atoms with van der Waals surface area (Å²) >= 11 is 0. The third-order valence-corrected chi connectivity index (χ3v) is 7.88. The monoisotopic (exact) mass is 445 g/mol. The fraction of sp³-hybridized carbons (Fsp3) is 0.552. The Bertz CT molecular complexity index is 923. The quantitative estimate of drug-likeness (QED) is 0.434. The number of hydrogen-bond acceptors (Lipinski definition) is 3. The first kappa shape index (κ1) is 22.5. The molecule has 5 rings (SSSR count). The van der Waals surface area contributed by atoms with Gasteiger partial charge in [0.15, 0.2) is 0 Å². The summed E-state index contributed by atoms with van der Waals surface area (Å²) in [7, 11) is 0. The number of nitrogens with zero attached hydrogens (tertiary/aromatic N) is 3. The van der Waals surface area contributed by atoms with Gasteiger partial charge in [-0.1, -0.05) is 43.2 Å². The van der Waals surface area contributed by atoms with E-state index in [-0.39, 0.29) is 0 Å². The maximum atomic E-state index is 12.6. The first-order chi connectivity index (χ1) is 16.3. The summed E-state index contributed by atoms with van der Waals surface area (Å²) in [5.74, 6) is 0.320. The SMILES string of the molecule is O=C(CCCCCN1CCN(c2ccc3c(c2)CCCCC3)CC1)N1Cc2ccccc2C1. The van der Waals surface area contributed by atoms with Crippen molar-refractivity contribution < 1.29 is 4.79 Å². The molecule has 1 saturated heterocycles. The van der Waals surface area contributed by atoms with E-state index in [4.69, 9.17) is 0 Å². The van der Waals surface area contributed by atoms with Crippen molar-refractivity contribution >= 4 is 11.6 Å². The van der Waals surface area contributed by atoms with Crippen LogP contribution in [0, 0.1) is 0 Å². The molecule has 0 N–H and O–H groups in total. The summed E-state index contributed by atoms with van der Waals surface area (Å²) < 4.78 is 0. The lowest BCUT2D eigenvalue weighted by Gasteiger charge is -2.36. The van der Waals surface area contributed by atoms with Crippen LogP contribution in [0.4, 0.5) is 5.69 Å². The van der Waals surface area contributed by atoms with Gasteiger partial charge in [0.2, 0.25) is 5.91 Å². The molecule has 176 valence electrons. The summed E-state index contributed by atoms with van der Waals surface area (Å²) in [6.07, 6.45) is 10.7. The highest BCUT2D eigenvalue weighted by Crippen LogP contribution is 2.27. The number of unbranched alkanes of at least 4 members (excludes halogenated alkanes) is 2. The van der Waals surface area contributed by atoms with Crippen molar-refractivity contribution in [3.8, 4) is 0 Å². The Morgan fingerprint density at radius 3 is 2.21 bits per heavy atom. The van der Waals surface area contributed by atoms with Crippen molar-refractivity contribution in [2.45, 2.75) is 70.9 Å². The van der Waals surface area contributed by atoms with Gasteiger partial charge in [-0.25, -0.2) is 0 Å². The second kappa shape index (κ2) is 10.7. The molecule has 1 fully saturated rings. The van der Waals surface area contributed by atoms with Crippen LogP contribution in [-0.2, 0) is 30.7 Å². The van der Waals surface area contributed by atoms with Crippen molar-refractivity contribution in [2.75, 3.05) is 37.6 Å². The first-order valence-electron chi connectivity index (χ1n) is 13.2. The van der Waals surface area contributed by atoms with Crippen LogP contribution in [0.15, 0.2) is 42.5 Å². The number of amides is 1. The van der Waals surface area contributed by atoms with E-state index in [0.29, 0.717) is 12.3 Å². The highest BCUT2D eigenvalue weighted by molar-refractivity contribution is 5.76. The van der Waals surface area contributed by atoms with Gasteiger partial charge in [-0.3, -0.25) is 9.69 Å². The Balaban J connectivity index is 0.984. The molecule has 0 saturated carbocycles. The number of carbonyl (C=O) groups is 1. The van der Waals surface area contributed by atoms with E-state index in [2.05, 4.69) is 52.3 Å². The second-order valence-corrected chi connectivity index (χ2v) is 10.2. The fourth-order valence-corrected chi connectivity index (χ4v) is 5.78. The summed E-state index contributed by atoms with van der Waals surface area (Å²) in [5, 5.41) is 0. The smallest absolute Gasteiger partial charge is 0.223 e.